The van der Waals surface area contributed by atoms with Gasteiger partial charge in [-0.15, -0.1) is 0 Å². The predicted molar refractivity (Wildman–Crippen MR) is 104 cm³/mol. The lowest BCUT2D eigenvalue weighted by Crippen LogP contribution is -2.48. The van der Waals surface area contributed by atoms with Crippen LogP contribution in [0.2, 0.25) is 0 Å². The van der Waals surface area contributed by atoms with Gasteiger partial charge in [-0.1, -0.05) is 73.6 Å². The molecule has 0 aliphatic carbocycles. The van der Waals surface area contributed by atoms with Gasteiger partial charge in [0.25, 0.3) is 0 Å². The first-order chi connectivity index (χ1) is 13.2. The molecule has 0 amide bonds. The minimum absolute atomic E-state index is 0.0741. The van der Waals surface area contributed by atoms with E-state index in [1.165, 1.54) is 44.1 Å². The normalized spacial score (nSPS) is 17.1. The molecule has 146 valence electrons. The molecule has 2 heterocycles. The average molecular weight is 371 g/mol. The summed E-state index contributed by atoms with van der Waals surface area (Å²) in [4.78, 5) is 6.23. The molecule has 3 N–H and O–H groups in total. The largest absolute Gasteiger partial charge is 0.408 e. The number of nitrogens with two attached hydrogens (primary N) is 1. The summed E-state index contributed by atoms with van der Waals surface area (Å²) in [6.45, 7) is 2.96. The zero-order valence-electron chi connectivity index (χ0n) is 16.0. The predicted octanol–water partition coefficient (Wildman–Crippen LogP) is 4.09. The molecule has 0 spiro atoms. The van der Waals surface area contributed by atoms with Gasteiger partial charge in [0.05, 0.1) is 0 Å². The van der Waals surface area contributed by atoms with Crippen molar-refractivity contribution in [2.24, 2.45) is 10.9 Å². The molecule has 1 aliphatic heterocycles. The van der Waals surface area contributed by atoms with Gasteiger partial charge in [-0.2, -0.15) is 4.98 Å². The zero-order chi connectivity index (χ0) is 19.1. The third-order valence-electron chi connectivity index (χ3n) is 5.17. The summed E-state index contributed by atoms with van der Waals surface area (Å²) in [6, 6.07) is 8.26. The van der Waals surface area contributed by atoms with Gasteiger partial charge in [-0.3, -0.25) is 0 Å². The molecule has 1 unspecified atom stereocenters. The van der Waals surface area contributed by atoms with E-state index in [4.69, 9.17) is 15.5 Å². The molecule has 2 aromatic rings. The number of aryl methyl sites for hydroxylation is 1. The molecule has 3 rings (SSSR count). The van der Waals surface area contributed by atoms with E-state index in [2.05, 4.69) is 34.4 Å². The van der Waals surface area contributed by atoms with Gasteiger partial charge in [0.15, 0.2) is 0 Å². The van der Waals surface area contributed by atoms with Gasteiger partial charge in [0.1, 0.15) is 6.04 Å². The van der Waals surface area contributed by atoms with Crippen LogP contribution < -0.4 is 5.73 Å². The van der Waals surface area contributed by atoms with Crippen molar-refractivity contribution < 1.29 is 9.73 Å². The number of likely N-dealkylation sites (tertiary alicyclic amines) is 1. The van der Waals surface area contributed by atoms with Crippen molar-refractivity contribution in [2.45, 2.75) is 64.3 Å². The van der Waals surface area contributed by atoms with E-state index in [0.717, 1.165) is 18.4 Å². The Morgan fingerprint density at radius 2 is 1.96 bits per heavy atom. The van der Waals surface area contributed by atoms with E-state index in [1.807, 2.05) is 12.1 Å². The van der Waals surface area contributed by atoms with Crippen molar-refractivity contribution in [3.8, 4) is 11.4 Å². The molecule has 0 bridgehead atoms. The number of guanidine groups is 1. The molecule has 1 aromatic heterocycles. The van der Waals surface area contributed by atoms with Gasteiger partial charge < -0.3 is 20.4 Å². The summed E-state index contributed by atoms with van der Waals surface area (Å²) >= 11 is 0. The Hall–Kier alpha value is -2.57. The monoisotopic (exact) mass is 371 g/mol. The second-order valence-corrected chi connectivity index (χ2v) is 7.13. The summed E-state index contributed by atoms with van der Waals surface area (Å²) in [6.07, 6.45) is 9.82. The maximum Gasteiger partial charge on any atom is 0.249 e. The van der Waals surface area contributed by atoms with Crippen molar-refractivity contribution in [1.82, 2.24) is 15.0 Å². The van der Waals surface area contributed by atoms with Gasteiger partial charge in [-0.25, -0.2) is 0 Å². The SMILES string of the molecule is CCCCCCCCc1ccc(-c2noc(C3CCN3C(N)=NO)n2)cc1. The second-order valence-electron chi connectivity index (χ2n) is 7.13. The van der Waals surface area contributed by atoms with E-state index in [0.29, 0.717) is 18.3 Å². The molecule has 1 atom stereocenters. The lowest BCUT2D eigenvalue weighted by atomic mass is 10.0. The number of aromatic nitrogens is 2. The highest BCUT2D eigenvalue weighted by molar-refractivity contribution is 5.78. The van der Waals surface area contributed by atoms with Crippen LogP contribution in [0.25, 0.3) is 11.4 Å². The zero-order valence-corrected chi connectivity index (χ0v) is 16.0. The fraction of sp³-hybridized carbons (Fsp3) is 0.550. The maximum atomic E-state index is 8.81. The summed E-state index contributed by atoms with van der Waals surface area (Å²) in [7, 11) is 0. The Labute approximate surface area is 160 Å². The lowest BCUT2D eigenvalue weighted by Gasteiger charge is -2.38. The van der Waals surface area contributed by atoms with E-state index in [1.54, 1.807) is 4.90 Å². The number of unbranched alkanes of at least 4 members (excludes halogenated alkanes) is 5. The highest BCUT2D eigenvalue weighted by Gasteiger charge is 2.35. The van der Waals surface area contributed by atoms with Crippen molar-refractivity contribution in [1.29, 1.82) is 0 Å². The molecule has 1 fully saturated rings. The topological polar surface area (TPSA) is 101 Å². The molecule has 1 aliphatic rings. The van der Waals surface area contributed by atoms with E-state index < -0.39 is 0 Å². The van der Waals surface area contributed by atoms with Crippen LogP contribution in [0.4, 0.5) is 0 Å². The fourth-order valence-corrected chi connectivity index (χ4v) is 3.39. The van der Waals surface area contributed by atoms with Crippen molar-refractivity contribution >= 4 is 5.96 Å². The number of benzene rings is 1. The van der Waals surface area contributed by atoms with Gasteiger partial charge in [0, 0.05) is 12.1 Å². The summed E-state index contributed by atoms with van der Waals surface area (Å²) < 4.78 is 5.39. The van der Waals surface area contributed by atoms with E-state index >= 15 is 0 Å². The van der Waals surface area contributed by atoms with Crippen molar-refractivity contribution in [3.63, 3.8) is 0 Å². The number of hydrogen-bond acceptors (Lipinski definition) is 5. The second kappa shape index (κ2) is 9.39. The number of oxime groups is 1. The Bertz CT molecular complexity index is 741. The summed E-state index contributed by atoms with van der Waals surface area (Å²) in [5.74, 6) is 1.14. The van der Waals surface area contributed by atoms with Crippen LogP contribution in [0.1, 0.15) is 69.4 Å². The fourth-order valence-electron chi connectivity index (χ4n) is 3.39. The average Bonchev–Trinajstić information content (AvgIpc) is 3.13. The maximum absolute atomic E-state index is 8.81. The van der Waals surface area contributed by atoms with Crippen LogP contribution in [0.5, 0.6) is 0 Å². The first-order valence-electron chi connectivity index (χ1n) is 9.90. The number of nitrogens with zero attached hydrogens (tertiary/aromatic N) is 4. The van der Waals surface area contributed by atoms with Crippen LogP contribution in [0.3, 0.4) is 0 Å². The van der Waals surface area contributed by atoms with Crippen LogP contribution in [-0.2, 0) is 6.42 Å². The molecule has 27 heavy (non-hydrogen) atoms. The number of rotatable bonds is 9. The smallest absolute Gasteiger partial charge is 0.249 e. The first-order valence-corrected chi connectivity index (χ1v) is 9.90. The Morgan fingerprint density at radius 1 is 1.22 bits per heavy atom. The number of hydrogen-bond donors (Lipinski definition) is 2. The van der Waals surface area contributed by atoms with Crippen LogP contribution >= 0.6 is 0 Å². The highest BCUT2D eigenvalue weighted by Crippen LogP contribution is 2.32. The van der Waals surface area contributed by atoms with Crippen molar-refractivity contribution in [3.05, 3.63) is 35.7 Å². The van der Waals surface area contributed by atoms with Gasteiger partial charge in [-0.05, 0) is 24.8 Å². The molecular formula is C20H29N5O2. The summed E-state index contributed by atoms with van der Waals surface area (Å²) in [5, 5.41) is 15.9. The standard InChI is InChI=1S/C20H29N5O2/c1-2-3-4-5-6-7-8-15-9-11-16(12-10-15)18-22-19(27-24-18)17-13-14-25(17)20(21)23-26/h9-12,17,26H,2-8,13-14H2,1H3,(H2,21,23). The van der Waals surface area contributed by atoms with E-state index in [9.17, 15) is 0 Å². The Kier molecular flexibility index (Phi) is 6.68. The first kappa shape index (κ1) is 19.2. The quantitative estimate of drug-likeness (QED) is 0.226. The van der Waals surface area contributed by atoms with E-state index in [-0.39, 0.29) is 12.0 Å². The third kappa shape index (κ3) is 4.78. The lowest BCUT2D eigenvalue weighted by molar-refractivity contribution is 0.135. The third-order valence-corrected chi connectivity index (χ3v) is 5.17. The summed E-state index contributed by atoms with van der Waals surface area (Å²) in [5.41, 5.74) is 7.93. The minimum Gasteiger partial charge on any atom is -0.408 e. The molecule has 0 radical (unpaired) electrons. The highest BCUT2D eigenvalue weighted by atomic mass is 16.5. The van der Waals surface area contributed by atoms with Crippen LogP contribution in [0.15, 0.2) is 33.9 Å². The molecular weight excluding hydrogens is 342 g/mol. The van der Waals surface area contributed by atoms with Crippen molar-refractivity contribution in [2.75, 3.05) is 6.54 Å². The minimum atomic E-state index is -0.117. The Balaban J connectivity index is 1.53. The molecule has 1 aromatic carbocycles. The molecule has 1 saturated heterocycles. The molecule has 7 nitrogen and oxygen atoms in total. The Morgan fingerprint density at radius 3 is 2.63 bits per heavy atom. The van der Waals surface area contributed by atoms with Crippen LogP contribution in [-0.4, -0.2) is 32.8 Å². The molecule has 0 saturated carbocycles. The molecule has 7 heteroatoms. The van der Waals surface area contributed by atoms with Crippen LogP contribution in [0, 0.1) is 0 Å². The van der Waals surface area contributed by atoms with Gasteiger partial charge in [0.2, 0.25) is 17.7 Å². The van der Waals surface area contributed by atoms with Gasteiger partial charge >= 0.3 is 0 Å².